The Balaban J connectivity index is 2.27. The van der Waals surface area contributed by atoms with Crippen molar-refractivity contribution in [2.24, 2.45) is 0 Å². The van der Waals surface area contributed by atoms with Gasteiger partial charge in [-0.1, -0.05) is 0 Å². The number of carboxylic acid groups (broad SMARTS) is 1. The first kappa shape index (κ1) is 14.0. The number of esters is 1. The normalized spacial score (nSPS) is 10.1. The molecule has 0 aliphatic rings. The van der Waals surface area contributed by atoms with Gasteiger partial charge in [0.15, 0.2) is 5.69 Å². The third kappa shape index (κ3) is 4.86. The molecule has 7 nitrogen and oxygen atoms in total. The lowest BCUT2D eigenvalue weighted by atomic mass is 10.2. The predicted molar refractivity (Wildman–Crippen MR) is 62.4 cm³/mol. The van der Waals surface area contributed by atoms with Gasteiger partial charge in [-0.05, 0) is 19.8 Å². The first-order chi connectivity index (χ1) is 8.63. The van der Waals surface area contributed by atoms with E-state index in [0.29, 0.717) is 19.4 Å². The Labute approximate surface area is 104 Å². The maximum atomic E-state index is 11.3. The minimum absolute atomic E-state index is 0.116. The van der Waals surface area contributed by atoms with Gasteiger partial charge in [-0.15, -0.1) is 0 Å². The second kappa shape index (κ2) is 7.31. The summed E-state index contributed by atoms with van der Waals surface area (Å²) in [6, 6.07) is 0.230. The fourth-order valence-corrected chi connectivity index (χ4v) is 1.25. The van der Waals surface area contributed by atoms with Gasteiger partial charge < -0.3 is 19.6 Å². The second-order valence-electron chi connectivity index (χ2n) is 3.54. The van der Waals surface area contributed by atoms with Crippen molar-refractivity contribution in [3.63, 3.8) is 0 Å². The molecule has 2 N–H and O–H groups in total. The SMILES string of the molecule is CCOC(=O)c1coc(NCCCCC(=O)O)n1. The highest BCUT2D eigenvalue weighted by atomic mass is 16.5. The van der Waals surface area contributed by atoms with E-state index in [-0.39, 0.29) is 24.7 Å². The lowest BCUT2D eigenvalue weighted by Gasteiger charge is -1.99. The van der Waals surface area contributed by atoms with Gasteiger partial charge in [0.05, 0.1) is 6.61 Å². The van der Waals surface area contributed by atoms with E-state index >= 15 is 0 Å². The molecule has 0 saturated carbocycles. The summed E-state index contributed by atoms with van der Waals surface area (Å²) in [7, 11) is 0. The molecule has 0 radical (unpaired) electrons. The number of aliphatic carboxylic acids is 1. The van der Waals surface area contributed by atoms with Gasteiger partial charge in [0.25, 0.3) is 6.01 Å². The molecule has 1 rings (SSSR count). The van der Waals surface area contributed by atoms with Crippen LogP contribution in [0.4, 0.5) is 6.01 Å². The van der Waals surface area contributed by atoms with Gasteiger partial charge >= 0.3 is 11.9 Å². The third-order valence-corrected chi connectivity index (χ3v) is 2.08. The molecule has 1 aromatic heterocycles. The Bertz CT molecular complexity index is 402. The molecule has 0 aromatic carbocycles. The molecule has 18 heavy (non-hydrogen) atoms. The molecule has 0 amide bonds. The van der Waals surface area contributed by atoms with Crippen LogP contribution in [0.3, 0.4) is 0 Å². The van der Waals surface area contributed by atoms with Crippen LogP contribution in [0, 0.1) is 0 Å². The summed E-state index contributed by atoms with van der Waals surface area (Å²) in [5, 5.41) is 11.3. The number of ether oxygens (including phenoxy) is 1. The standard InChI is InChI=1S/C11H16N2O5/c1-2-17-10(16)8-7-18-11(13-8)12-6-4-3-5-9(14)15/h7H,2-6H2,1H3,(H,12,13)(H,14,15). The number of unbranched alkanes of at least 4 members (excludes halogenated alkanes) is 1. The van der Waals surface area contributed by atoms with E-state index in [2.05, 4.69) is 10.3 Å². The molecule has 0 atom stereocenters. The Kier molecular flexibility index (Phi) is 5.69. The van der Waals surface area contributed by atoms with Crippen molar-refractivity contribution in [1.82, 2.24) is 4.98 Å². The lowest BCUT2D eigenvalue weighted by molar-refractivity contribution is -0.137. The molecule has 1 aromatic rings. The molecule has 100 valence electrons. The van der Waals surface area contributed by atoms with E-state index in [9.17, 15) is 9.59 Å². The number of carbonyl (C=O) groups is 2. The largest absolute Gasteiger partial charge is 0.481 e. The number of oxazole rings is 1. The van der Waals surface area contributed by atoms with E-state index in [1.807, 2.05) is 0 Å². The minimum Gasteiger partial charge on any atom is -0.481 e. The van der Waals surface area contributed by atoms with E-state index in [1.54, 1.807) is 6.92 Å². The summed E-state index contributed by atoms with van der Waals surface area (Å²) in [6.45, 7) is 2.53. The van der Waals surface area contributed by atoms with Gasteiger partial charge in [0.2, 0.25) is 0 Å². The van der Waals surface area contributed by atoms with Crippen LogP contribution in [0.25, 0.3) is 0 Å². The monoisotopic (exact) mass is 256 g/mol. The summed E-state index contributed by atoms with van der Waals surface area (Å²) in [6.07, 6.45) is 2.62. The lowest BCUT2D eigenvalue weighted by Crippen LogP contribution is -2.06. The summed E-state index contributed by atoms with van der Waals surface area (Å²) in [5.74, 6) is -1.34. The molecular weight excluding hydrogens is 240 g/mol. The van der Waals surface area contributed by atoms with E-state index < -0.39 is 11.9 Å². The van der Waals surface area contributed by atoms with Crippen molar-refractivity contribution < 1.29 is 23.8 Å². The minimum atomic E-state index is -0.810. The van der Waals surface area contributed by atoms with Crippen molar-refractivity contribution in [3.05, 3.63) is 12.0 Å². The van der Waals surface area contributed by atoms with Gasteiger partial charge in [-0.25, -0.2) is 4.79 Å². The number of rotatable bonds is 8. The molecule has 7 heteroatoms. The third-order valence-electron chi connectivity index (χ3n) is 2.08. The topological polar surface area (TPSA) is 102 Å². The van der Waals surface area contributed by atoms with Gasteiger partial charge in [0.1, 0.15) is 6.26 Å². The highest BCUT2D eigenvalue weighted by Gasteiger charge is 2.12. The summed E-state index contributed by atoms with van der Waals surface area (Å²) < 4.78 is 9.78. The van der Waals surface area contributed by atoms with Crippen LogP contribution in [0.1, 0.15) is 36.7 Å². The van der Waals surface area contributed by atoms with Crippen LogP contribution in [-0.4, -0.2) is 35.2 Å². The first-order valence-corrected chi connectivity index (χ1v) is 5.71. The van der Waals surface area contributed by atoms with Crippen LogP contribution in [-0.2, 0) is 9.53 Å². The maximum Gasteiger partial charge on any atom is 0.360 e. The number of hydrogen-bond donors (Lipinski definition) is 2. The number of nitrogens with zero attached hydrogens (tertiary/aromatic N) is 1. The van der Waals surface area contributed by atoms with E-state index in [4.69, 9.17) is 14.3 Å². The van der Waals surface area contributed by atoms with Crippen LogP contribution in [0.15, 0.2) is 10.7 Å². The maximum absolute atomic E-state index is 11.3. The molecule has 0 aliphatic carbocycles. The fourth-order valence-electron chi connectivity index (χ4n) is 1.25. The van der Waals surface area contributed by atoms with Crippen molar-refractivity contribution >= 4 is 18.0 Å². The first-order valence-electron chi connectivity index (χ1n) is 5.71. The van der Waals surface area contributed by atoms with Crippen LogP contribution < -0.4 is 5.32 Å². The quantitative estimate of drug-likeness (QED) is 0.537. The number of nitrogens with one attached hydrogen (secondary N) is 1. The Hall–Kier alpha value is -2.05. The zero-order valence-electron chi connectivity index (χ0n) is 10.1. The number of hydrogen-bond acceptors (Lipinski definition) is 6. The van der Waals surface area contributed by atoms with Crippen molar-refractivity contribution in [2.45, 2.75) is 26.2 Å². The van der Waals surface area contributed by atoms with Crippen LogP contribution in [0.5, 0.6) is 0 Å². The highest BCUT2D eigenvalue weighted by Crippen LogP contribution is 2.09. The molecule has 0 saturated heterocycles. The van der Waals surface area contributed by atoms with Crippen LogP contribution >= 0.6 is 0 Å². The summed E-state index contributed by atoms with van der Waals surface area (Å²) in [5.41, 5.74) is 0.116. The number of aromatic nitrogens is 1. The van der Waals surface area contributed by atoms with Gasteiger partial charge in [0, 0.05) is 13.0 Å². The van der Waals surface area contributed by atoms with E-state index in [1.165, 1.54) is 6.26 Å². The zero-order chi connectivity index (χ0) is 13.4. The second-order valence-corrected chi connectivity index (χ2v) is 3.54. The Morgan fingerprint density at radius 2 is 2.28 bits per heavy atom. The number of carbonyl (C=O) groups excluding carboxylic acids is 1. The zero-order valence-corrected chi connectivity index (χ0v) is 10.1. The molecule has 0 bridgehead atoms. The average Bonchev–Trinajstić information content (AvgIpc) is 2.77. The molecule has 0 aliphatic heterocycles. The van der Waals surface area contributed by atoms with E-state index in [0.717, 1.165) is 0 Å². The van der Waals surface area contributed by atoms with Crippen molar-refractivity contribution in [1.29, 1.82) is 0 Å². The molecule has 0 fully saturated rings. The molecular formula is C11H16N2O5. The summed E-state index contributed by atoms with van der Waals surface area (Å²) in [4.78, 5) is 25.4. The van der Waals surface area contributed by atoms with Gasteiger partial charge in [-0.3, -0.25) is 4.79 Å². The van der Waals surface area contributed by atoms with Crippen molar-refractivity contribution in [2.75, 3.05) is 18.5 Å². The molecule has 1 heterocycles. The average molecular weight is 256 g/mol. The number of carboxylic acids is 1. The smallest absolute Gasteiger partial charge is 0.360 e. The Morgan fingerprint density at radius 3 is 2.94 bits per heavy atom. The number of anilines is 1. The molecule has 0 unspecified atom stereocenters. The van der Waals surface area contributed by atoms with Gasteiger partial charge in [-0.2, -0.15) is 4.98 Å². The summed E-state index contributed by atoms with van der Waals surface area (Å²) >= 11 is 0. The Morgan fingerprint density at radius 1 is 1.50 bits per heavy atom. The fraction of sp³-hybridized carbons (Fsp3) is 0.545. The highest BCUT2D eigenvalue weighted by molar-refractivity contribution is 5.87. The van der Waals surface area contributed by atoms with Crippen molar-refractivity contribution in [3.8, 4) is 0 Å². The predicted octanol–water partition coefficient (Wildman–Crippen LogP) is 1.52. The molecule has 0 spiro atoms. The van der Waals surface area contributed by atoms with Crippen LogP contribution in [0.2, 0.25) is 0 Å².